The number of hydrogen-bond acceptors (Lipinski definition) is 6. The third kappa shape index (κ3) is 4.26. The molecular weight excluding hydrogens is 539 g/mol. The fourth-order valence-corrected chi connectivity index (χ4v) is 6.93. The fraction of sp³-hybridized carbons (Fsp3) is 0.292. The Labute approximate surface area is 211 Å². The lowest BCUT2D eigenvalue weighted by atomic mass is 10.0. The molecule has 3 aromatic rings. The molecule has 8 nitrogen and oxygen atoms in total. The molecule has 2 aliphatic rings. The molecule has 1 fully saturated rings. The van der Waals surface area contributed by atoms with Crippen LogP contribution >= 0.6 is 15.9 Å². The Morgan fingerprint density at radius 3 is 2.54 bits per heavy atom. The summed E-state index contributed by atoms with van der Waals surface area (Å²) in [6, 6.07) is 15.4. The molecule has 0 aromatic heterocycles. The lowest BCUT2D eigenvalue weighted by Crippen LogP contribution is -2.50. The molecule has 5 rings (SSSR count). The number of rotatable bonds is 5. The molecular formula is C24H24BrFN4O4S. The van der Waals surface area contributed by atoms with Gasteiger partial charge in [0.1, 0.15) is 6.61 Å². The van der Waals surface area contributed by atoms with E-state index in [9.17, 15) is 17.6 Å². The number of anilines is 2. The van der Waals surface area contributed by atoms with Crippen LogP contribution in [0, 0.1) is 0 Å². The highest BCUT2D eigenvalue weighted by molar-refractivity contribution is 9.10. The number of sulfonamides is 1. The Bertz CT molecular complexity index is 1400. The lowest BCUT2D eigenvalue weighted by molar-refractivity contribution is 0.135. The number of cyclic esters (lactones) is 1. The second-order valence-electron chi connectivity index (χ2n) is 8.55. The van der Waals surface area contributed by atoms with Gasteiger partial charge in [-0.15, -0.1) is 0 Å². The number of alkyl halides is 1. The smallest absolute Gasteiger partial charge is 0.414 e. The zero-order valence-corrected chi connectivity index (χ0v) is 21.1. The Hall–Kier alpha value is -2.73. The van der Waals surface area contributed by atoms with Crippen molar-refractivity contribution in [2.24, 2.45) is 5.84 Å². The molecule has 3 aromatic carbocycles. The van der Waals surface area contributed by atoms with E-state index in [0.717, 1.165) is 20.7 Å². The van der Waals surface area contributed by atoms with Gasteiger partial charge in [0.25, 0.3) is 0 Å². The molecule has 0 atom stereocenters. The summed E-state index contributed by atoms with van der Waals surface area (Å²) in [5, 5.41) is 1.98. The van der Waals surface area contributed by atoms with Gasteiger partial charge in [-0.05, 0) is 43.2 Å². The number of hydrazine groups is 1. The Kier molecular flexibility index (Phi) is 6.43. The van der Waals surface area contributed by atoms with Gasteiger partial charge in [0.05, 0.1) is 16.3 Å². The van der Waals surface area contributed by atoms with Crippen molar-refractivity contribution in [3.05, 3.63) is 64.6 Å². The summed E-state index contributed by atoms with van der Waals surface area (Å²) >= 11 is 3.45. The maximum atomic E-state index is 13.6. The molecule has 0 aliphatic carbocycles. The van der Waals surface area contributed by atoms with Gasteiger partial charge in [-0.3, -0.25) is 9.91 Å². The van der Waals surface area contributed by atoms with E-state index in [2.05, 4.69) is 15.9 Å². The number of halogens is 2. The summed E-state index contributed by atoms with van der Waals surface area (Å²) in [6.07, 6.45) is 0.526. The number of ether oxygens (including phenoxy) is 1. The zero-order chi connectivity index (χ0) is 24.7. The van der Waals surface area contributed by atoms with Crippen molar-refractivity contribution in [2.45, 2.75) is 30.4 Å². The average molecular weight is 563 g/mol. The van der Waals surface area contributed by atoms with E-state index in [-0.39, 0.29) is 30.6 Å². The van der Waals surface area contributed by atoms with Crippen LogP contribution in [-0.2, 0) is 21.4 Å². The van der Waals surface area contributed by atoms with E-state index < -0.39 is 22.9 Å². The van der Waals surface area contributed by atoms with Gasteiger partial charge in [0.15, 0.2) is 6.80 Å². The van der Waals surface area contributed by atoms with Crippen LogP contribution in [0.2, 0.25) is 0 Å². The molecule has 184 valence electrons. The summed E-state index contributed by atoms with van der Waals surface area (Å²) < 4.78 is 48.2. The molecule has 2 heterocycles. The van der Waals surface area contributed by atoms with Crippen molar-refractivity contribution in [2.75, 3.05) is 29.8 Å². The van der Waals surface area contributed by atoms with Crippen molar-refractivity contribution in [1.29, 1.82) is 0 Å². The molecule has 11 heteroatoms. The molecule has 1 saturated heterocycles. The molecule has 1 amide bonds. The number of nitrogens with two attached hydrogens (primary N) is 1. The number of piperidine rings is 1. The van der Waals surface area contributed by atoms with Crippen LogP contribution in [0.4, 0.5) is 20.6 Å². The molecule has 0 radical (unpaired) electrons. The first-order chi connectivity index (χ1) is 16.8. The number of nitrogens with zero attached hydrogens (tertiary/aromatic N) is 3. The molecule has 2 N–H and O–H groups in total. The van der Waals surface area contributed by atoms with E-state index in [1.165, 1.54) is 4.31 Å². The molecule has 0 saturated carbocycles. The second kappa shape index (κ2) is 9.38. The van der Waals surface area contributed by atoms with Gasteiger partial charge >= 0.3 is 6.09 Å². The zero-order valence-electron chi connectivity index (χ0n) is 18.7. The van der Waals surface area contributed by atoms with Gasteiger partial charge in [0.2, 0.25) is 10.0 Å². The summed E-state index contributed by atoms with van der Waals surface area (Å²) in [5.41, 5.74) is 2.11. The molecule has 0 unspecified atom stereocenters. The highest BCUT2D eigenvalue weighted by atomic mass is 79.9. The first kappa shape index (κ1) is 24.0. The third-order valence-electron chi connectivity index (χ3n) is 6.55. The van der Waals surface area contributed by atoms with Crippen LogP contribution in [0.3, 0.4) is 0 Å². The van der Waals surface area contributed by atoms with E-state index in [4.69, 9.17) is 10.6 Å². The molecule has 0 bridgehead atoms. The molecule has 2 aliphatic heterocycles. The number of fused-ring (bicyclic) bond motifs is 2. The minimum absolute atomic E-state index is 0.148. The van der Waals surface area contributed by atoms with Crippen molar-refractivity contribution in [3.8, 4) is 0 Å². The minimum atomic E-state index is -3.83. The van der Waals surface area contributed by atoms with E-state index >= 15 is 0 Å². The minimum Gasteiger partial charge on any atom is -0.444 e. The first-order valence-corrected chi connectivity index (χ1v) is 13.4. The van der Waals surface area contributed by atoms with E-state index in [1.54, 1.807) is 41.3 Å². The summed E-state index contributed by atoms with van der Waals surface area (Å²) in [6.45, 7) is -0.177. The SMILES string of the molecule is NN(CF)c1cccc2c(S(=O)(=O)N3CCC(N4C(=O)OCc5cc(Br)ccc54)CC3)cccc12. The first-order valence-electron chi connectivity index (χ1n) is 11.2. The van der Waals surface area contributed by atoms with Gasteiger partial charge in [-0.25, -0.2) is 23.4 Å². The van der Waals surface area contributed by atoms with E-state index in [0.29, 0.717) is 29.3 Å². The number of carbonyl (C=O) groups is 1. The van der Waals surface area contributed by atoms with Gasteiger partial charge in [0, 0.05) is 39.9 Å². The van der Waals surface area contributed by atoms with Crippen LogP contribution in [0.1, 0.15) is 18.4 Å². The van der Waals surface area contributed by atoms with Crippen LogP contribution in [-0.4, -0.2) is 44.7 Å². The highest BCUT2D eigenvalue weighted by Crippen LogP contribution is 2.36. The number of hydrogen-bond donors (Lipinski definition) is 1. The Morgan fingerprint density at radius 1 is 1.09 bits per heavy atom. The maximum absolute atomic E-state index is 13.6. The van der Waals surface area contributed by atoms with Crippen LogP contribution < -0.4 is 15.8 Å². The van der Waals surface area contributed by atoms with Crippen molar-refractivity contribution in [3.63, 3.8) is 0 Å². The van der Waals surface area contributed by atoms with Crippen LogP contribution in [0.5, 0.6) is 0 Å². The summed E-state index contributed by atoms with van der Waals surface area (Å²) in [7, 11) is -3.83. The largest absolute Gasteiger partial charge is 0.444 e. The lowest BCUT2D eigenvalue weighted by Gasteiger charge is -2.39. The fourth-order valence-electron chi connectivity index (χ4n) is 4.84. The van der Waals surface area contributed by atoms with Crippen molar-refractivity contribution >= 4 is 54.2 Å². The second-order valence-corrected chi connectivity index (χ2v) is 11.4. The number of amides is 1. The number of carbonyl (C=O) groups excluding carboxylic acids is 1. The maximum Gasteiger partial charge on any atom is 0.414 e. The number of benzene rings is 3. The quantitative estimate of drug-likeness (QED) is 0.279. The van der Waals surface area contributed by atoms with Gasteiger partial charge < -0.3 is 4.74 Å². The van der Waals surface area contributed by atoms with Crippen molar-refractivity contribution in [1.82, 2.24) is 4.31 Å². The highest BCUT2D eigenvalue weighted by Gasteiger charge is 2.37. The van der Waals surface area contributed by atoms with E-state index in [1.807, 2.05) is 18.2 Å². The summed E-state index contributed by atoms with van der Waals surface area (Å²) in [4.78, 5) is 14.4. The van der Waals surface area contributed by atoms with Crippen molar-refractivity contribution < 1.29 is 22.3 Å². The Morgan fingerprint density at radius 2 is 1.80 bits per heavy atom. The predicted molar refractivity (Wildman–Crippen MR) is 135 cm³/mol. The van der Waals surface area contributed by atoms with Gasteiger partial charge in [-0.2, -0.15) is 4.31 Å². The Balaban J connectivity index is 1.41. The molecule has 35 heavy (non-hydrogen) atoms. The topological polar surface area (TPSA) is 96.2 Å². The summed E-state index contributed by atoms with van der Waals surface area (Å²) in [5.74, 6) is 5.76. The van der Waals surface area contributed by atoms with Crippen LogP contribution in [0.25, 0.3) is 10.8 Å². The monoisotopic (exact) mass is 562 g/mol. The average Bonchev–Trinajstić information content (AvgIpc) is 2.87. The van der Waals surface area contributed by atoms with Gasteiger partial charge in [-0.1, -0.05) is 40.2 Å². The van der Waals surface area contributed by atoms with Crippen LogP contribution in [0.15, 0.2) is 64.0 Å². The molecule has 0 spiro atoms. The predicted octanol–water partition coefficient (Wildman–Crippen LogP) is 4.52. The normalized spacial score (nSPS) is 17.3. The standard InChI is InChI=1S/C24H24BrFN4O4S/c25-17-7-8-21-16(13-17)14-34-24(31)30(21)18-9-11-28(12-10-18)35(32,33)23-6-2-3-19-20(23)4-1-5-22(19)29(27)15-26/h1-8,13,18H,9-12,14-15,27H2. The third-order valence-corrected chi connectivity index (χ3v) is 9.00.